The molecule has 1 saturated heterocycles. The highest BCUT2D eigenvalue weighted by Crippen LogP contribution is 2.29. The van der Waals surface area contributed by atoms with E-state index in [2.05, 4.69) is 23.5 Å². The van der Waals surface area contributed by atoms with Crippen molar-refractivity contribution in [2.45, 2.75) is 51.1 Å². The number of urea groups is 1. The van der Waals surface area contributed by atoms with Crippen LogP contribution in [-0.4, -0.2) is 46.8 Å². The number of hydrogen-bond acceptors (Lipinski definition) is 3. The van der Waals surface area contributed by atoms with Gasteiger partial charge < -0.3 is 10.2 Å². The molecular formula is C25H29N3O3. The molecule has 6 heteroatoms. The number of imide groups is 1. The first-order chi connectivity index (χ1) is 14.9. The van der Waals surface area contributed by atoms with Crippen molar-refractivity contribution < 1.29 is 14.4 Å². The van der Waals surface area contributed by atoms with E-state index in [0.29, 0.717) is 12.1 Å². The molecule has 1 heterocycles. The van der Waals surface area contributed by atoms with Gasteiger partial charge in [-0.3, -0.25) is 14.5 Å². The summed E-state index contributed by atoms with van der Waals surface area (Å²) in [6.45, 7) is 4.11. The smallest absolute Gasteiger partial charge is 0.325 e. The van der Waals surface area contributed by atoms with Gasteiger partial charge in [0.05, 0.1) is 0 Å². The predicted octanol–water partition coefficient (Wildman–Crippen LogP) is 3.25. The number of amides is 4. The van der Waals surface area contributed by atoms with Crippen molar-refractivity contribution in [2.24, 2.45) is 0 Å². The number of nitrogens with one attached hydrogen (secondary N) is 1. The molecule has 1 aliphatic heterocycles. The van der Waals surface area contributed by atoms with Crippen LogP contribution in [0.1, 0.15) is 43.4 Å². The average molecular weight is 420 g/mol. The van der Waals surface area contributed by atoms with Crippen LogP contribution in [0.4, 0.5) is 4.79 Å². The Balaban J connectivity index is 1.50. The number of carbonyl (C=O) groups is 3. The molecule has 0 radical (unpaired) electrons. The van der Waals surface area contributed by atoms with Gasteiger partial charge in [-0.25, -0.2) is 4.79 Å². The fourth-order valence-corrected chi connectivity index (χ4v) is 4.73. The SMILES string of the molecule is CCCN(C(=O)CN1C(=O)NC(C)(c2ccccc2)C1=O)C1CCc2ccccc2C1. The minimum atomic E-state index is -1.15. The van der Waals surface area contributed by atoms with Crippen molar-refractivity contribution in [2.75, 3.05) is 13.1 Å². The standard InChI is InChI=1S/C25H29N3O3/c1-3-15-27(21-14-13-18-9-7-8-10-19(18)16-21)22(29)17-28-23(30)25(2,26-24(28)31)20-11-5-4-6-12-20/h4-12,21H,3,13-17H2,1-2H3,(H,26,31). The lowest BCUT2D eigenvalue weighted by molar-refractivity contribution is -0.140. The minimum Gasteiger partial charge on any atom is -0.338 e. The van der Waals surface area contributed by atoms with Gasteiger partial charge in [0.25, 0.3) is 5.91 Å². The largest absolute Gasteiger partial charge is 0.338 e. The van der Waals surface area contributed by atoms with Crippen LogP contribution in [0.25, 0.3) is 0 Å². The topological polar surface area (TPSA) is 69.7 Å². The fraction of sp³-hybridized carbons (Fsp3) is 0.400. The number of benzene rings is 2. The Morgan fingerprint density at radius 2 is 1.77 bits per heavy atom. The van der Waals surface area contributed by atoms with Gasteiger partial charge in [-0.05, 0) is 49.3 Å². The van der Waals surface area contributed by atoms with E-state index in [0.717, 1.165) is 30.6 Å². The van der Waals surface area contributed by atoms with E-state index in [-0.39, 0.29) is 24.4 Å². The van der Waals surface area contributed by atoms with Crippen molar-refractivity contribution in [3.63, 3.8) is 0 Å². The molecule has 1 fully saturated rings. The number of hydrogen-bond donors (Lipinski definition) is 1. The maximum Gasteiger partial charge on any atom is 0.325 e. The second-order valence-electron chi connectivity index (χ2n) is 8.56. The van der Waals surface area contributed by atoms with Crippen LogP contribution in [0.3, 0.4) is 0 Å². The van der Waals surface area contributed by atoms with Crippen LogP contribution in [0, 0.1) is 0 Å². The van der Waals surface area contributed by atoms with Crippen molar-refractivity contribution in [1.82, 2.24) is 15.1 Å². The summed E-state index contributed by atoms with van der Waals surface area (Å²) in [6, 6.07) is 17.1. The van der Waals surface area contributed by atoms with Crippen LogP contribution < -0.4 is 5.32 Å². The first kappa shape index (κ1) is 21.1. The second kappa shape index (κ2) is 8.53. The van der Waals surface area contributed by atoms with Crippen LogP contribution >= 0.6 is 0 Å². The predicted molar refractivity (Wildman–Crippen MR) is 118 cm³/mol. The number of aryl methyl sites for hydroxylation is 1. The minimum absolute atomic E-state index is 0.0867. The molecule has 2 aliphatic rings. The second-order valence-corrected chi connectivity index (χ2v) is 8.56. The van der Waals surface area contributed by atoms with Crippen LogP contribution in [-0.2, 0) is 28.0 Å². The Labute approximate surface area is 183 Å². The molecule has 2 atom stereocenters. The Morgan fingerprint density at radius 1 is 1.10 bits per heavy atom. The lowest BCUT2D eigenvalue weighted by atomic mass is 9.87. The van der Waals surface area contributed by atoms with E-state index in [9.17, 15) is 14.4 Å². The summed E-state index contributed by atoms with van der Waals surface area (Å²) in [5.41, 5.74) is 2.17. The van der Waals surface area contributed by atoms with Crippen LogP contribution in [0.2, 0.25) is 0 Å². The first-order valence-corrected chi connectivity index (χ1v) is 11.0. The molecule has 0 bridgehead atoms. The summed E-state index contributed by atoms with van der Waals surface area (Å²) in [5.74, 6) is -0.561. The summed E-state index contributed by atoms with van der Waals surface area (Å²) in [4.78, 5) is 42.0. The molecule has 1 N–H and O–H groups in total. The van der Waals surface area contributed by atoms with Gasteiger partial charge in [-0.1, -0.05) is 61.5 Å². The van der Waals surface area contributed by atoms with E-state index in [1.807, 2.05) is 48.2 Å². The zero-order valence-corrected chi connectivity index (χ0v) is 18.1. The summed E-state index contributed by atoms with van der Waals surface area (Å²) < 4.78 is 0. The zero-order chi connectivity index (χ0) is 22.0. The lowest BCUT2D eigenvalue weighted by Gasteiger charge is -2.36. The summed E-state index contributed by atoms with van der Waals surface area (Å²) in [7, 11) is 0. The van der Waals surface area contributed by atoms with Gasteiger partial charge in [-0.2, -0.15) is 0 Å². The van der Waals surface area contributed by atoms with E-state index >= 15 is 0 Å². The molecule has 0 spiro atoms. The van der Waals surface area contributed by atoms with Crippen molar-refractivity contribution in [1.29, 1.82) is 0 Å². The maximum atomic E-state index is 13.3. The molecule has 2 aromatic carbocycles. The quantitative estimate of drug-likeness (QED) is 0.731. The molecule has 162 valence electrons. The van der Waals surface area contributed by atoms with Crippen molar-refractivity contribution >= 4 is 17.8 Å². The molecule has 6 nitrogen and oxygen atoms in total. The summed E-state index contributed by atoms with van der Waals surface area (Å²) >= 11 is 0. The molecule has 31 heavy (non-hydrogen) atoms. The molecule has 4 amide bonds. The highest BCUT2D eigenvalue weighted by Gasteiger charge is 2.49. The van der Waals surface area contributed by atoms with E-state index in [1.54, 1.807) is 6.92 Å². The van der Waals surface area contributed by atoms with Crippen molar-refractivity contribution in [3.05, 3.63) is 71.3 Å². The highest BCUT2D eigenvalue weighted by atomic mass is 16.2. The van der Waals surface area contributed by atoms with E-state index in [1.165, 1.54) is 11.1 Å². The third kappa shape index (κ3) is 3.94. The van der Waals surface area contributed by atoms with Gasteiger partial charge >= 0.3 is 6.03 Å². The van der Waals surface area contributed by atoms with Crippen LogP contribution in [0.5, 0.6) is 0 Å². The number of rotatable bonds is 6. The third-order valence-corrected chi connectivity index (χ3v) is 6.47. The van der Waals surface area contributed by atoms with Crippen LogP contribution in [0.15, 0.2) is 54.6 Å². The molecule has 4 rings (SSSR count). The average Bonchev–Trinajstić information content (AvgIpc) is 3.01. The lowest BCUT2D eigenvalue weighted by Crippen LogP contribution is -2.49. The monoisotopic (exact) mass is 419 g/mol. The van der Waals surface area contributed by atoms with Gasteiger partial charge in [0.15, 0.2) is 0 Å². The van der Waals surface area contributed by atoms with Gasteiger partial charge in [0.2, 0.25) is 5.91 Å². The number of carbonyl (C=O) groups excluding carboxylic acids is 3. The molecule has 2 unspecified atom stereocenters. The molecular weight excluding hydrogens is 390 g/mol. The normalized spacial score (nSPS) is 22.8. The van der Waals surface area contributed by atoms with Gasteiger partial charge in [-0.15, -0.1) is 0 Å². The van der Waals surface area contributed by atoms with E-state index in [4.69, 9.17) is 0 Å². The number of nitrogens with zero attached hydrogens (tertiary/aromatic N) is 2. The first-order valence-electron chi connectivity index (χ1n) is 11.0. The third-order valence-electron chi connectivity index (χ3n) is 6.47. The van der Waals surface area contributed by atoms with Gasteiger partial charge in [0.1, 0.15) is 12.1 Å². The van der Waals surface area contributed by atoms with E-state index < -0.39 is 11.6 Å². The molecule has 2 aromatic rings. The zero-order valence-electron chi connectivity index (χ0n) is 18.1. The van der Waals surface area contributed by atoms with Crippen molar-refractivity contribution in [3.8, 4) is 0 Å². The fourth-order valence-electron chi connectivity index (χ4n) is 4.73. The molecule has 0 aromatic heterocycles. The molecule has 0 saturated carbocycles. The Kier molecular flexibility index (Phi) is 5.81. The Bertz CT molecular complexity index is 991. The Hall–Kier alpha value is -3.15. The Morgan fingerprint density at radius 3 is 2.48 bits per heavy atom. The van der Waals surface area contributed by atoms with Gasteiger partial charge in [0, 0.05) is 12.6 Å². The maximum absolute atomic E-state index is 13.3. The highest BCUT2D eigenvalue weighted by molar-refractivity contribution is 6.09. The number of fused-ring (bicyclic) bond motifs is 1. The summed E-state index contributed by atoms with van der Waals surface area (Å²) in [6.07, 6.45) is 3.46. The summed E-state index contributed by atoms with van der Waals surface area (Å²) in [5, 5.41) is 2.78. The molecule has 1 aliphatic carbocycles.